The minimum atomic E-state index is -4.04. The van der Waals surface area contributed by atoms with E-state index >= 15 is 0 Å². The second-order valence-corrected chi connectivity index (χ2v) is 11.9. The van der Waals surface area contributed by atoms with E-state index in [1.165, 1.54) is 24.4 Å². The van der Waals surface area contributed by atoms with E-state index in [9.17, 15) is 17.6 Å². The van der Waals surface area contributed by atoms with Crippen LogP contribution in [0.3, 0.4) is 0 Å². The first-order valence-electron chi connectivity index (χ1n) is 13.4. The summed E-state index contributed by atoms with van der Waals surface area (Å²) in [5.74, 6) is -0.803. The molecule has 0 radical (unpaired) electrons. The van der Waals surface area contributed by atoms with Crippen LogP contribution in [0.1, 0.15) is 40.0 Å². The molecular weight excluding hydrogens is 545 g/mol. The van der Waals surface area contributed by atoms with Gasteiger partial charge in [0.1, 0.15) is 11.6 Å². The summed E-state index contributed by atoms with van der Waals surface area (Å²) in [6.07, 6.45) is 3.10. The van der Waals surface area contributed by atoms with Crippen LogP contribution in [0.15, 0.2) is 90.2 Å². The lowest BCUT2D eigenvalue weighted by Gasteiger charge is -2.26. The van der Waals surface area contributed by atoms with Crippen molar-refractivity contribution >= 4 is 15.7 Å². The Labute approximate surface area is 239 Å². The van der Waals surface area contributed by atoms with E-state index in [4.69, 9.17) is 9.47 Å². The van der Waals surface area contributed by atoms with Crippen LogP contribution in [0.25, 0.3) is 0 Å². The Balaban J connectivity index is 1.52. The number of hydrogen-bond donors (Lipinski definition) is 0. The van der Waals surface area contributed by atoms with Crippen LogP contribution in [0.5, 0.6) is 5.75 Å². The highest BCUT2D eigenvalue weighted by Gasteiger charge is 2.29. The summed E-state index contributed by atoms with van der Waals surface area (Å²) < 4.78 is 54.4. The average Bonchev–Trinajstić information content (AvgIpc) is 3.64. The fourth-order valence-electron chi connectivity index (χ4n) is 4.97. The fraction of sp³-hybridized carbons (Fsp3) is 0.290. The van der Waals surface area contributed by atoms with Gasteiger partial charge in [-0.3, -0.25) is 4.79 Å². The molecule has 2 heterocycles. The number of halogens is 1. The fourth-order valence-corrected chi connectivity index (χ4v) is 6.48. The molecule has 10 heteroatoms. The van der Waals surface area contributed by atoms with Gasteiger partial charge in [-0.2, -0.15) is 0 Å². The summed E-state index contributed by atoms with van der Waals surface area (Å²) in [6.45, 7) is 1.29. The molecule has 8 nitrogen and oxygen atoms in total. The van der Waals surface area contributed by atoms with Gasteiger partial charge in [-0.15, -0.1) is 0 Å². The maximum atomic E-state index is 14.4. The summed E-state index contributed by atoms with van der Waals surface area (Å²) in [7, 11) is -2.50. The number of benzene rings is 3. The molecule has 1 saturated heterocycles. The zero-order valence-electron chi connectivity index (χ0n) is 22.8. The van der Waals surface area contributed by atoms with E-state index in [-0.39, 0.29) is 35.8 Å². The molecular formula is C31H32FN3O5S. The number of nitrogens with zero attached hydrogens (tertiary/aromatic N) is 3. The molecule has 0 unspecified atom stereocenters. The normalized spacial score (nSPS) is 15.1. The van der Waals surface area contributed by atoms with E-state index in [0.717, 1.165) is 18.4 Å². The molecule has 0 bridgehead atoms. The second kappa shape index (κ2) is 12.7. The minimum absolute atomic E-state index is 0.0662. The first kappa shape index (κ1) is 28.5. The van der Waals surface area contributed by atoms with Gasteiger partial charge in [0.05, 0.1) is 43.9 Å². The summed E-state index contributed by atoms with van der Waals surface area (Å²) in [6, 6.07) is 22.1. The number of methoxy groups -OCH3 is 1. The average molecular weight is 578 g/mol. The maximum absolute atomic E-state index is 14.4. The van der Waals surface area contributed by atoms with Gasteiger partial charge in [-0.25, -0.2) is 17.8 Å². The van der Waals surface area contributed by atoms with Crippen LogP contribution in [0.2, 0.25) is 0 Å². The summed E-state index contributed by atoms with van der Waals surface area (Å²) in [4.78, 5) is 19.8. The summed E-state index contributed by atoms with van der Waals surface area (Å²) >= 11 is 0. The Morgan fingerprint density at radius 3 is 2.61 bits per heavy atom. The number of ether oxygens (including phenoxy) is 2. The van der Waals surface area contributed by atoms with Gasteiger partial charge < -0.3 is 18.9 Å². The predicted octanol–water partition coefficient (Wildman–Crippen LogP) is 4.87. The van der Waals surface area contributed by atoms with Crippen molar-refractivity contribution in [3.63, 3.8) is 0 Å². The number of carbonyl (C=O) groups excluding carboxylic acids is 1. The maximum Gasteiger partial charge on any atom is 0.254 e. The molecule has 0 spiro atoms. The van der Waals surface area contributed by atoms with Crippen LogP contribution in [0, 0.1) is 5.82 Å². The van der Waals surface area contributed by atoms with Gasteiger partial charge in [0.15, 0.2) is 0 Å². The lowest BCUT2D eigenvalue weighted by Crippen LogP contribution is -2.37. The van der Waals surface area contributed by atoms with Crippen LogP contribution in [0.4, 0.5) is 4.39 Å². The minimum Gasteiger partial charge on any atom is -0.497 e. The first-order valence-corrected chi connectivity index (χ1v) is 15.1. The Morgan fingerprint density at radius 1 is 1.10 bits per heavy atom. The number of rotatable bonds is 11. The van der Waals surface area contributed by atoms with Gasteiger partial charge in [0, 0.05) is 24.3 Å². The smallest absolute Gasteiger partial charge is 0.254 e. The third-order valence-corrected chi connectivity index (χ3v) is 8.64. The standard InChI is InChI=1S/C31H32FN3O5S/c1-39-27-13-7-12-24(17-27)30(36)34(21-28-14-8-16-40-28)20-26-18-33-31(35(26)19-23-9-3-2-4-10-23)41(37,38)22-25-11-5-6-15-29(25)32/h2-7,9-13,15,17-18,28H,8,14,16,19-22H2,1H3/t28-/m1/s1. The highest BCUT2D eigenvalue weighted by atomic mass is 32.2. The van der Waals surface area contributed by atoms with E-state index in [2.05, 4.69) is 4.98 Å². The highest BCUT2D eigenvalue weighted by molar-refractivity contribution is 7.90. The second-order valence-electron chi connectivity index (χ2n) is 10.0. The largest absolute Gasteiger partial charge is 0.497 e. The van der Waals surface area contributed by atoms with Crippen molar-refractivity contribution < 1.29 is 27.1 Å². The molecule has 1 aromatic heterocycles. The van der Waals surface area contributed by atoms with E-state index in [0.29, 0.717) is 30.2 Å². The van der Waals surface area contributed by atoms with Crippen molar-refractivity contribution in [1.82, 2.24) is 14.5 Å². The van der Waals surface area contributed by atoms with E-state index in [1.54, 1.807) is 46.9 Å². The Bertz CT molecular complexity index is 1600. The van der Waals surface area contributed by atoms with Crippen LogP contribution < -0.4 is 4.74 Å². The van der Waals surface area contributed by atoms with Crippen molar-refractivity contribution in [1.29, 1.82) is 0 Å². The van der Waals surface area contributed by atoms with E-state index < -0.39 is 21.4 Å². The quantitative estimate of drug-likeness (QED) is 0.253. The van der Waals surface area contributed by atoms with E-state index in [1.807, 2.05) is 30.3 Å². The van der Waals surface area contributed by atoms with Crippen molar-refractivity contribution in [2.75, 3.05) is 20.3 Å². The first-order chi connectivity index (χ1) is 19.8. The molecule has 41 heavy (non-hydrogen) atoms. The number of sulfone groups is 1. The van der Waals surface area contributed by atoms with Crippen LogP contribution >= 0.6 is 0 Å². The van der Waals surface area contributed by atoms with Gasteiger partial charge in [0.2, 0.25) is 15.0 Å². The van der Waals surface area contributed by atoms with Crippen molar-refractivity contribution in [3.05, 3.63) is 113 Å². The third kappa shape index (κ3) is 6.83. The summed E-state index contributed by atoms with van der Waals surface area (Å²) in [5, 5.41) is -0.175. The number of imidazole rings is 1. The molecule has 1 atom stereocenters. The van der Waals surface area contributed by atoms with Gasteiger partial charge >= 0.3 is 0 Å². The Hall–Kier alpha value is -4.02. The monoisotopic (exact) mass is 577 g/mol. The molecule has 1 fully saturated rings. The Kier molecular flexibility index (Phi) is 8.80. The molecule has 0 saturated carbocycles. The van der Waals surface area contributed by atoms with Gasteiger partial charge in [-0.1, -0.05) is 54.6 Å². The number of carbonyl (C=O) groups is 1. The van der Waals surface area contributed by atoms with Gasteiger partial charge in [-0.05, 0) is 42.7 Å². The third-order valence-electron chi connectivity index (χ3n) is 7.07. The van der Waals surface area contributed by atoms with Gasteiger partial charge in [0.25, 0.3) is 5.91 Å². The summed E-state index contributed by atoms with van der Waals surface area (Å²) in [5.41, 5.74) is 1.91. The lowest BCUT2D eigenvalue weighted by molar-refractivity contribution is 0.0501. The van der Waals surface area contributed by atoms with Crippen molar-refractivity contribution in [3.8, 4) is 5.75 Å². The van der Waals surface area contributed by atoms with Crippen LogP contribution in [-0.2, 0) is 33.4 Å². The van der Waals surface area contributed by atoms with Crippen LogP contribution in [-0.4, -0.2) is 55.1 Å². The lowest BCUT2D eigenvalue weighted by atomic mass is 10.1. The molecule has 5 rings (SSSR count). The van der Waals surface area contributed by atoms with Crippen molar-refractivity contribution in [2.24, 2.45) is 0 Å². The molecule has 1 aliphatic heterocycles. The molecule has 1 aliphatic rings. The number of hydrogen-bond acceptors (Lipinski definition) is 6. The topological polar surface area (TPSA) is 90.7 Å². The number of aromatic nitrogens is 2. The van der Waals surface area contributed by atoms with Crippen molar-refractivity contribution in [2.45, 2.75) is 42.9 Å². The SMILES string of the molecule is COc1cccc(C(=O)N(Cc2cnc(S(=O)(=O)Cc3ccccc3F)n2Cc2ccccc2)C[C@H]2CCCO2)c1. The molecule has 1 amide bonds. The number of amides is 1. The zero-order chi connectivity index (χ0) is 28.8. The molecule has 0 aliphatic carbocycles. The predicted molar refractivity (Wildman–Crippen MR) is 152 cm³/mol. The highest BCUT2D eigenvalue weighted by Crippen LogP contribution is 2.24. The Morgan fingerprint density at radius 2 is 1.88 bits per heavy atom. The molecule has 0 N–H and O–H groups in total. The molecule has 3 aromatic carbocycles. The zero-order valence-corrected chi connectivity index (χ0v) is 23.6. The molecule has 214 valence electrons. The molecule has 4 aromatic rings.